The Morgan fingerprint density at radius 2 is 2.14 bits per heavy atom. The molecule has 1 aliphatic carbocycles. The lowest BCUT2D eigenvalue weighted by atomic mass is 9.88. The molecule has 3 heterocycles. The van der Waals surface area contributed by atoms with Crippen molar-refractivity contribution in [3.05, 3.63) is 24.2 Å². The van der Waals surface area contributed by atoms with Crippen molar-refractivity contribution < 1.29 is 24.4 Å². The molecule has 0 amide bonds. The SMILES string of the molecule is C[C@]1(F)C(O)(c2ccc3c(N)ncnn23)O[C@@H]2C(O)[C@@]21O. The Bertz CT molecular complexity index is 765. The molecule has 2 aliphatic rings. The van der Waals surface area contributed by atoms with Crippen molar-refractivity contribution in [2.75, 3.05) is 5.73 Å². The number of ether oxygens (including phenoxy) is 1. The molecule has 9 heteroatoms. The molecule has 1 aliphatic heterocycles. The van der Waals surface area contributed by atoms with Gasteiger partial charge >= 0.3 is 0 Å². The normalized spacial score (nSPS) is 45.0. The number of aliphatic hydroxyl groups excluding tert-OH is 1. The minimum absolute atomic E-state index is 0.0376. The molecule has 0 radical (unpaired) electrons. The Kier molecular flexibility index (Phi) is 2.04. The molecule has 2 aromatic rings. The second-order valence-electron chi connectivity index (χ2n) is 5.62. The van der Waals surface area contributed by atoms with Crippen LogP contribution in [-0.4, -0.2) is 53.4 Å². The number of alkyl halides is 1. The molecule has 1 saturated heterocycles. The molecule has 4 rings (SSSR count). The van der Waals surface area contributed by atoms with E-state index >= 15 is 4.39 Å². The lowest BCUT2D eigenvalue weighted by molar-refractivity contribution is -0.279. The van der Waals surface area contributed by atoms with E-state index in [9.17, 15) is 15.3 Å². The Balaban J connectivity index is 1.92. The van der Waals surface area contributed by atoms with Crippen LogP contribution in [0.15, 0.2) is 18.5 Å². The lowest BCUT2D eigenvalue weighted by Crippen LogP contribution is -2.55. The number of aliphatic hydroxyl groups is 3. The molecular weight excluding hydrogens is 283 g/mol. The van der Waals surface area contributed by atoms with Gasteiger partial charge in [0.1, 0.15) is 29.7 Å². The molecule has 0 aromatic carbocycles. The van der Waals surface area contributed by atoms with Gasteiger partial charge in [0, 0.05) is 0 Å². The van der Waals surface area contributed by atoms with E-state index in [1.807, 2.05) is 0 Å². The molecule has 8 nitrogen and oxygen atoms in total. The van der Waals surface area contributed by atoms with Crippen molar-refractivity contribution in [1.29, 1.82) is 0 Å². The topological polar surface area (TPSA) is 126 Å². The van der Waals surface area contributed by atoms with Gasteiger partial charge in [0.05, 0.1) is 0 Å². The van der Waals surface area contributed by atoms with Crippen LogP contribution < -0.4 is 5.73 Å². The van der Waals surface area contributed by atoms with Gasteiger partial charge in [-0.25, -0.2) is 13.9 Å². The van der Waals surface area contributed by atoms with Gasteiger partial charge in [-0.2, -0.15) is 5.10 Å². The van der Waals surface area contributed by atoms with E-state index in [0.29, 0.717) is 5.52 Å². The zero-order chi connectivity index (χ0) is 15.2. The highest BCUT2D eigenvalue weighted by molar-refractivity contribution is 5.65. The molecule has 2 unspecified atom stereocenters. The maximum absolute atomic E-state index is 15.0. The summed E-state index contributed by atoms with van der Waals surface area (Å²) in [5, 5.41) is 34.3. The summed E-state index contributed by atoms with van der Waals surface area (Å²) in [5.41, 5.74) is 1.24. The minimum Gasteiger partial charge on any atom is -0.387 e. The summed E-state index contributed by atoms with van der Waals surface area (Å²) in [7, 11) is 0. The van der Waals surface area contributed by atoms with Gasteiger partial charge in [-0.3, -0.25) is 0 Å². The maximum Gasteiger partial charge on any atom is 0.248 e. The third-order valence-electron chi connectivity index (χ3n) is 4.58. The zero-order valence-corrected chi connectivity index (χ0v) is 10.9. The molecule has 2 aromatic heterocycles. The summed E-state index contributed by atoms with van der Waals surface area (Å²) in [4.78, 5) is 3.80. The fraction of sp³-hybridized carbons (Fsp3) is 0.500. The van der Waals surface area contributed by atoms with Crippen molar-refractivity contribution in [3.63, 3.8) is 0 Å². The van der Waals surface area contributed by atoms with Crippen LogP contribution >= 0.6 is 0 Å². The van der Waals surface area contributed by atoms with Crippen molar-refractivity contribution in [1.82, 2.24) is 14.6 Å². The van der Waals surface area contributed by atoms with E-state index in [1.54, 1.807) is 0 Å². The standard InChI is InChI=1S/C12H13FN4O4/c1-10(13)11(19)7(18)8(11)21-12(10,20)6-3-2-5-9(14)15-4-16-17(5)6/h2-4,7-8,18-20H,1H3,(H2,14,15,16)/t7?,8-,10-,11-,12?/m1/s1. The summed E-state index contributed by atoms with van der Waals surface area (Å²) >= 11 is 0. The van der Waals surface area contributed by atoms with Crippen molar-refractivity contribution in [3.8, 4) is 0 Å². The first-order valence-corrected chi connectivity index (χ1v) is 6.33. The van der Waals surface area contributed by atoms with Gasteiger partial charge in [-0.05, 0) is 19.1 Å². The number of fused-ring (bicyclic) bond motifs is 2. The highest BCUT2D eigenvalue weighted by Crippen LogP contribution is 2.64. The number of nitrogen functional groups attached to an aromatic ring is 1. The second-order valence-corrected chi connectivity index (χ2v) is 5.62. The monoisotopic (exact) mass is 296 g/mol. The molecule has 112 valence electrons. The minimum atomic E-state index is -2.63. The lowest BCUT2D eigenvalue weighted by Gasteiger charge is -2.36. The number of nitrogens with zero attached hydrogens (tertiary/aromatic N) is 3. The smallest absolute Gasteiger partial charge is 0.248 e. The van der Waals surface area contributed by atoms with E-state index in [4.69, 9.17) is 10.5 Å². The maximum atomic E-state index is 15.0. The summed E-state index contributed by atoms with van der Waals surface area (Å²) in [5.74, 6) is -2.30. The van der Waals surface area contributed by atoms with Gasteiger partial charge in [-0.15, -0.1) is 0 Å². The van der Waals surface area contributed by atoms with Crippen LogP contribution in [0.4, 0.5) is 10.2 Å². The Labute approximate surface area is 117 Å². The predicted molar refractivity (Wildman–Crippen MR) is 66.6 cm³/mol. The Hall–Kier alpha value is -1.81. The van der Waals surface area contributed by atoms with Crippen molar-refractivity contribution in [2.45, 2.75) is 36.2 Å². The van der Waals surface area contributed by atoms with Gasteiger partial charge in [0.15, 0.2) is 11.4 Å². The molecular formula is C12H13FN4O4. The second kappa shape index (κ2) is 3.33. The Morgan fingerprint density at radius 3 is 2.76 bits per heavy atom. The Morgan fingerprint density at radius 1 is 1.43 bits per heavy atom. The van der Waals surface area contributed by atoms with Crippen LogP contribution in [0.2, 0.25) is 0 Å². The third-order valence-corrected chi connectivity index (χ3v) is 4.58. The number of anilines is 1. The van der Waals surface area contributed by atoms with Gasteiger partial charge in [0.2, 0.25) is 11.5 Å². The summed E-state index contributed by atoms with van der Waals surface area (Å²) < 4.78 is 21.4. The number of rotatable bonds is 1. The highest BCUT2D eigenvalue weighted by atomic mass is 19.1. The molecule has 0 bridgehead atoms. The largest absolute Gasteiger partial charge is 0.387 e. The first-order valence-electron chi connectivity index (χ1n) is 6.33. The van der Waals surface area contributed by atoms with Crippen LogP contribution in [0.1, 0.15) is 12.6 Å². The van der Waals surface area contributed by atoms with Crippen molar-refractivity contribution in [2.24, 2.45) is 0 Å². The number of hydrogen-bond acceptors (Lipinski definition) is 7. The molecule has 5 N–H and O–H groups in total. The van der Waals surface area contributed by atoms with E-state index in [2.05, 4.69) is 10.1 Å². The molecule has 5 atom stereocenters. The van der Waals surface area contributed by atoms with Gasteiger partial charge in [-0.1, -0.05) is 0 Å². The van der Waals surface area contributed by atoms with Crippen LogP contribution in [0.5, 0.6) is 0 Å². The number of aromatic nitrogens is 3. The van der Waals surface area contributed by atoms with Crippen LogP contribution in [0, 0.1) is 0 Å². The van der Waals surface area contributed by atoms with Gasteiger partial charge < -0.3 is 25.8 Å². The summed E-state index contributed by atoms with van der Waals surface area (Å²) in [6.07, 6.45) is -1.41. The number of nitrogens with two attached hydrogens (primary N) is 1. The fourth-order valence-electron chi connectivity index (χ4n) is 3.10. The molecule has 1 saturated carbocycles. The quantitative estimate of drug-likeness (QED) is 0.514. The zero-order valence-electron chi connectivity index (χ0n) is 10.9. The summed E-state index contributed by atoms with van der Waals surface area (Å²) in [6, 6.07) is 2.89. The number of hydrogen-bond donors (Lipinski definition) is 4. The van der Waals surface area contributed by atoms with Gasteiger partial charge in [0.25, 0.3) is 0 Å². The van der Waals surface area contributed by atoms with Crippen LogP contribution in [-0.2, 0) is 10.5 Å². The van der Waals surface area contributed by atoms with Crippen molar-refractivity contribution >= 4 is 11.3 Å². The van der Waals surface area contributed by atoms with Crippen LogP contribution in [0.3, 0.4) is 0 Å². The molecule has 0 spiro atoms. The predicted octanol–water partition coefficient (Wildman–Crippen LogP) is -1.31. The molecule has 2 fully saturated rings. The van der Waals surface area contributed by atoms with E-state index in [0.717, 1.165) is 13.3 Å². The average molecular weight is 296 g/mol. The average Bonchev–Trinajstić information content (AvgIpc) is 2.80. The highest BCUT2D eigenvalue weighted by Gasteiger charge is 2.88. The van der Waals surface area contributed by atoms with Crippen LogP contribution in [0.25, 0.3) is 5.52 Å². The van der Waals surface area contributed by atoms with E-state index in [-0.39, 0.29) is 11.5 Å². The first-order chi connectivity index (χ1) is 9.75. The first kappa shape index (κ1) is 12.9. The van der Waals surface area contributed by atoms with E-state index < -0.39 is 29.3 Å². The fourth-order valence-corrected chi connectivity index (χ4v) is 3.10. The van der Waals surface area contributed by atoms with E-state index in [1.165, 1.54) is 16.6 Å². The number of halogens is 1. The third kappa shape index (κ3) is 1.16. The molecule has 21 heavy (non-hydrogen) atoms. The summed E-state index contributed by atoms with van der Waals surface area (Å²) in [6.45, 7) is 0.979.